The zero-order valence-electron chi connectivity index (χ0n) is 11.4. The lowest BCUT2D eigenvalue weighted by Gasteiger charge is -2.29. The Morgan fingerprint density at radius 1 is 1.42 bits per heavy atom. The maximum Gasteiger partial charge on any atom is 0.279 e. The van der Waals surface area contributed by atoms with E-state index in [0.717, 1.165) is 17.4 Å². The highest BCUT2D eigenvalue weighted by atomic mass is 32.2. The van der Waals surface area contributed by atoms with Crippen molar-refractivity contribution >= 4 is 16.1 Å². The van der Waals surface area contributed by atoms with Crippen LogP contribution in [0.15, 0.2) is 0 Å². The second-order valence-electron chi connectivity index (χ2n) is 4.28. The van der Waals surface area contributed by atoms with Crippen molar-refractivity contribution in [2.75, 3.05) is 60.0 Å². The van der Waals surface area contributed by atoms with Gasteiger partial charge in [0.15, 0.2) is 0 Å². The molecule has 0 aromatic heterocycles. The molecule has 0 unspecified atom stereocenters. The average Bonchev–Trinajstić information content (AvgIpc) is 2.39. The van der Waals surface area contributed by atoms with Crippen LogP contribution < -0.4 is 10.0 Å². The van der Waals surface area contributed by atoms with E-state index in [1.807, 2.05) is 0 Å². The third-order valence-corrected chi connectivity index (χ3v) is 4.35. The molecule has 1 amide bonds. The Bertz CT molecular complexity index is 381. The molecular formula is C10H22N4O4S. The van der Waals surface area contributed by atoms with E-state index in [1.54, 1.807) is 4.90 Å². The summed E-state index contributed by atoms with van der Waals surface area (Å²) in [5.74, 6) is -0.180. The summed E-state index contributed by atoms with van der Waals surface area (Å²) in [5.41, 5.74) is 0. The predicted octanol–water partition coefficient (Wildman–Crippen LogP) is -2.17. The van der Waals surface area contributed by atoms with Crippen LogP contribution in [0.25, 0.3) is 0 Å². The number of hydrogen-bond acceptors (Lipinski definition) is 5. The normalized spacial score (nSPS) is 16.9. The van der Waals surface area contributed by atoms with Crippen LogP contribution in [0, 0.1) is 0 Å². The van der Waals surface area contributed by atoms with Crippen molar-refractivity contribution in [3.8, 4) is 0 Å². The number of carbonyl (C=O) groups excluding carboxylic acids is 1. The van der Waals surface area contributed by atoms with Crippen molar-refractivity contribution in [3.63, 3.8) is 0 Å². The molecule has 1 heterocycles. The Morgan fingerprint density at radius 2 is 2.05 bits per heavy atom. The van der Waals surface area contributed by atoms with Crippen LogP contribution in [0.4, 0.5) is 0 Å². The van der Waals surface area contributed by atoms with Gasteiger partial charge < -0.3 is 15.0 Å². The minimum Gasteiger partial charge on any atom is -0.383 e. The third kappa shape index (κ3) is 5.41. The molecule has 1 aliphatic heterocycles. The summed E-state index contributed by atoms with van der Waals surface area (Å²) >= 11 is 0. The van der Waals surface area contributed by atoms with Crippen molar-refractivity contribution in [2.24, 2.45) is 0 Å². The van der Waals surface area contributed by atoms with Gasteiger partial charge in [-0.2, -0.15) is 17.4 Å². The number of amides is 1. The lowest BCUT2D eigenvalue weighted by molar-refractivity contribution is -0.131. The molecular weight excluding hydrogens is 272 g/mol. The van der Waals surface area contributed by atoms with Crippen LogP contribution in [-0.4, -0.2) is 83.6 Å². The maximum absolute atomic E-state index is 11.9. The second-order valence-corrected chi connectivity index (χ2v) is 6.14. The first-order valence-electron chi connectivity index (χ1n) is 6.15. The number of piperazine rings is 1. The van der Waals surface area contributed by atoms with Gasteiger partial charge in [-0.05, 0) is 0 Å². The maximum atomic E-state index is 11.9. The monoisotopic (exact) mass is 294 g/mol. The van der Waals surface area contributed by atoms with Gasteiger partial charge >= 0.3 is 0 Å². The Morgan fingerprint density at radius 3 is 2.63 bits per heavy atom. The van der Waals surface area contributed by atoms with E-state index in [-0.39, 0.29) is 19.0 Å². The van der Waals surface area contributed by atoms with Crippen molar-refractivity contribution in [1.29, 1.82) is 0 Å². The molecule has 0 radical (unpaired) electrons. The standard InChI is InChI=1S/C10H22N4O4S/c1-13(19(16,17)12-5-8-18-2)9-10(15)14-6-3-11-4-7-14/h11-12H,3-9H2,1-2H3. The van der Waals surface area contributed by atoms with Crippen LogP contribution in [0.1, 0.15) is 0 Å². The van der Waals surface area contributed by atoms with E-state index in [9.17, 15) is 13.2 Å². The lowest BCUT2D eigenvalue weighted by atomic mass is 10.3. The number of rotatable bonds is 7. The first kappa shape index (κ1) is 16.3. The average molecular weight is 294 g/mol. The highest BCUT2D eigenvalue weighted by molar-refractivity contribution is 7.87. The van der Waals surface area contributed by atoms with E-state index < -0.39 is 10.2 Å². The van der Waals surface area contributed by atoms with Crippen molar-refractivity contribution in [2.45, 2.75) is 0 Å². The minimum absolute atomic E-state index is 0.150. The summed E-state index contributed by atoms with van der Waals surface area (Å²) in [5, 5.41) is 3.14. The van der Waals surface area contributed by atoms with Crippen molar-refractivity contribution in [1.82, 2.24) is 19.2 Å². The molecule has 0 aromatic carbocycles. The topological polar surface area (TPSA) is 91.0 Å². The fourth-order valence-corrected chi connectivity index (χ4v) is 2.51. The van der Waals surface area contributed by atoms with Gasteiger partial charge in [0.05, 0.1) is 13.2 Å². The molecule has 0 bridgehead atoms. The van der Waals surface area contributed by atoms with Crippen molar-refractivity contribution in [3.05, 3.63) is 0 Å². The number of methoxy groups -OCH3 is 1. The molecule has 0 saturated carbocycles. The number of nitrogens with one attached hydrogen (secondary N) is 2. The molecule has 19 heavy (non-hydrogen) atoms. The molecule has 9 heteroatoms. The third-order valence-electron chi connectivity index (χ3n) is 2.83. The summed E-state index contributed by atoms with van der Waals surface area (Å²) in [6, 6.07) is 0. The van der Waals surface area contributed by atoms with Gasteiger partial charge in [0.25, 0.3) is 10.2 Å². The highest BCUT2D eigenvalue weighted by Gasteiger charge is 2.23. The van der Waals surface area contributed by atoms with E-state index in [4.69, 9.17) is 4.74 Å². The zero-order chi connectivity index (χ0) is 14.3. The number of carbonyl (C=O) groups is 1. The molecule has 1 rings (SSSR count). The summed E-state index contributed by atoms with van der Waals surface area (Å²) in [6.07, 6.45) is 0. The van der Waals surface area contributed by atoms with Crippen LogP contribution in [-0.2, 0) is 19.7 Å². The fourth-order valence-electron chi connectivity index (χ4n) is 1.67. The Kier molecular flexibility index (Phi) is 6.66. The summed E-state index contributed by atoms with van der Waals surface area (Å²) in [4.78, 5) is 13.6. The number of hydrogen-bond donors (Lipinski definition) is 2. The SMILES string of the molecule is COCCNS(=O)(=O)N(C)CC(=O)N1CCNCC1. The molecule has 1 saturated heterocycles. The van der Waals surface area contributed by atoms with Gasteiger partial charge in [0.1, 0.15) is 0 Å². The van der Waals surface area contributed by atoms with Gasteiger partial charge in [0.2, 0.25) is 5.91 Å². The fraction of sp³-hybridized carbons (Fsp3) is 0.900. The van der Waals surface area contributed by atoms with Crippen LogP contribution in [0.5, 0.6) is 0 Å². The molecule has 0 spiro atoms. The number of nitrogens with zero attached hydrogens (tertiary/aromatic N) is 2. The van der Waals surface area contributed by atoms with E-state index >= 15 is 0 Å². The van der Waals surface area contributed by atoms with Crippen LogP contribution in [0.2, 0.25) is 0 Å². The largest absolute Gasteiger partial charge is 0.383 e. The number of ether oxygens (including phenoxy) is 1. The quantitative estimate of drug-likeness (QED) is 0.522. The van der Waals surface area contributed by atoms with Crippen LogP contribution in [0.3, 0.4) is 0 Å². The highest BCUT2D eigenvalue weighted by Crippen LogP contribution is 1.99. The summed E-state index contributed by atoms with van der Waals surface area (Å²) < 4.78 is 31.7. The molecule has 112 valence electrons. The lowest BCUT2D eigenvalue weighted by Crippen LogP contribution is -2.51. The molecule has 1 fully saturated rings. The molecule has 8 nitrogen and oxygen atoms in total. The molecule has 1 aliphatic rings. The van der Waals surface area contributed by atoms with Gasteiger partial charge in [-0.3, -0.25) is 4.79 Å². The van der Waals surface area contributed by atoms with Gasteiger partial charge in [-0.25, -0.2) is 0 Å². The van der Waals surface area contributed by atoms with Crippen LogP contribution >= 0.6 is 0 Å². The Balaban J connectivity index is 2.43. The molecule has 0 aromatic rings. The molecule has 2 N–H and O–H groups in total. The summed E-state index contributed by atoms with van der Waals surface area (Å²) in [7, 11) is -0.750. The van der Waals surface area contributed by atoms with Gasteiger partial charge in [-0.1, -0.05) is 0 Å². The minimum atomic E-state index is -3.63. The smallest absolute Gasteiger partial charge is 0.279 e. The van der Waals surface area contributed by atoms with Crippen molar-refractivity contribution < 1.29 is 17.9 Å². The van der Waals surface area contributed by atoms with E-state index in [2.05, 4.69) is 10.0 Å². The van der Waals surface area contributed by atoms with E-state index in [1.165, 1.54) is 14.2 Å². The summed E-state index contributed by atoms with van der Waals surface area (Å²) in [6.45, 7) is 3.04. The second kappa shape index (κ2) is 7.75. The molecule has 0 aliphatic carbocycles. The Hall–Kier alpha value is -0.740. The predicted molar refractivity (Wildman–Crippen MR) is 70.9 cm³/mol. The Labute approximate surface area is 114 Å². The first-order valence-corrected chi connectivity index (χ1v) is 7.59. The first-order chi connectivity index (χ1) is 8.97. The number of likely N-dealkylation sites (N-methyl/N-ethyl adjacent to an activating group) is 1. The molecule has 0 atom stereocenters. The van der Waals surface area contributed by atoms with E-state index in [0.29, 0.717) is 19.7 Å². The zero-order valence-corrected chi connectivity index (χ0v) is 12.2. The van der Waals surface area contributed by atoms with Gasteiger partial charge in [-0.15, -0.1) is 0 Å². The van der Waals surface area contributed by atoms with Gasteiger partial charge in [0, 0.05) is 46.9 Å².